The molecule has 0 fully saturated rings. The Hall–Kier alpha value is -4.10. The van der Waals surface area contributed by atoms with Gasteiger partial charge in [0.1, 0.15) is 12.4 Å². The normalized spacial score (nSPS) is 13.5. The molecule has 0 bridgehead atoms. The van der Waals surface area contributed by atoms with Crippen LogP contribution in [0.1, 0.15) is 46.0 Å². The molecule has 1 unspecified atom stereocenters. The van der Waals surface area contributed by atoms with Crippen LogP contribution in [0.3, 0.4) is 0 Å². The standard InChI is InChI=1S/C30H28ClN3O4/c1-19(6-5-15-34-29(35)24-7-3-4-8-25(24)30(34)36)32-26-17-23(37-2)16-21-11-14-27(33-28(21)26)38-18-20-9-12-22(31)13-10-20/h3-4,7-14,16-17,19,32H,5-6,15,18H2,1-2H3. The maximum absolute atomic E-state index is 12.6. The van der Waals surface area contributed by atoms with Crippen LogP contribution in [0, 0.1) is 0 Å². The number of carbonyl (C=O) groups excluding carboxylic acids is 2. The third kappa shape index (κ3) is 5.43. The van der Waals surface area contributed by atoms with Gasteiger partial charge in [-0.25, -0.2) is 4.98 Å². The summed E-state index contributed by atoms with van der Waals surface area (Å²) in [6, 6.07) is 22.2. The summed E-state index contributed by atoms with van der Waals surface area (Å²) < 4.78 is 11.4. The van der Waals surface area contributed by atoms with Gasteiger partial charge in [-0.05, 0) is 61.7 Å². The lowest BCUT2D eigenvalue weighted by Crippen LogP contribution is -2.31. The predicted molar refractivity (Wildman–Crippen MR) is 148 cm³/mol. The van der Waals surface area contributed by atoms with Crippen molar-refractivity contribution in [2.45, 2.75) is 32.4 Å². The molecule has 0 aliphatic carbocycles. The molecule has 0 saturated heterocycles. The Morgan fingerprint density at radius 3 is 2.37 bits per heavy atom. The summed E-state index contributed by atoms with van der Waals surface area (Å²) >= 11 is 5.97. The van der Waals surface area contributed by atoms with Gasteiger partial charge in [-0.2, -0.15) is 0 Å². The van der Waals surface area contributed by atoms with Crippen molar-refractivity contribution in [3.63, 3.8) is 0 Å². The molecule has 3 aromatic carbocycles. The van der Waals surface area contributed by atoms with E-state index in [1.807, 2.05) is 48.5 Å². The fourth-order valence-corrected chi connectivity index (χ4v) is 4.70. The molecule has 1 aliphatic heterocycles. The van der Waals surface area contributed by atoms with E-state index in [9.17, 15) is 9.59 Å². The zero-order valence-electron chi connectivity index (χ0n) is 21.2. The van der Waals surface area contributed by atoms with Gasteiger partial charge in [0, 0.05) is 35.1 Å². The quantitative estimate of drug-likeness (QED) is 0.241. The van der Waals surface area contributed by atoms with Crippen LogP contribution in [-0.4, -0.2) is 41.4 Å². The minimum Gasteiger partial charge on any atom is -0.497 e. The van der Waals surface area contributed by atoms with E-state index in [0.717, 1.165) is 34.3 Å². The van der Waals surface area contributed by atoms with Crippen LogP contribution in [-0.2, 0) is 6.61 Å². The van der Waals surface area contributed by atoms with Crippen molar-refractivity contribution in [3.8, 4) is 11.6 Å². The smallest absolute Gasteiger partial charge is 0.261 e. The molecule has 1 N–H and O–H groups in total. The predicted octanol–water partition coefficient (Wildman–Crippen LogP) is 6.35. The van der Waals surface area contributed by atoms with Crippen LogP contribution in [0.2, 0.25) is 5.02 Å². The fraction of sp³-hybridized carbons (Fsp3) is 0.233. The molecular formula is C30H28ClN3O4. The lowest BCUT2D eigenvalue weighted by Gasteiger charge is -2.19. The molecule has 7 nitrogen and oxygen atoms in total. The third-order valence-corrected chi connectivity index (χ3v) is 6.83. The van der Waals surface area contributed by atoms with E-state index >= 15 is 0 Å². The van der Waals surface area contributed by atoms with Gasteiger partial charge in [-0.3, -0.25) is 14.5 Å². The number of hydrogen-bond donors (Lipinski definition) is 1. The number of rotatable bonds is 10. The van der Waals surface area contributed by atoms with E-state index in [2.05, 4.69) is 12.2 Å². The Kier molecular flexibility index (Phi) is 7.47. The molecule has 0 spiro atoms. The number of methoxy groups -OCH3 is 1. The average Bonchev–Trinajstić information content (AvgIpc) is 3.17. The van der Waals surface area contributed by atoms with Crippen molar-refractivity contribution in [2.75, 3.05) is 19.0 Å². The fourth-order valence-electron chi connectivity index (χ4n) is 4.57. The summed E-state index contributed by atoms with van der Waals surface area (Å²) in [5, 5.41) is 5.13. The van der Waals surface area contributed by atoms with Crippen LogP contribution in [0.4, 0.5) is 5.69 Å². The highest BCUT2D eigenvalue weighted by Gasteiger charge is 2.34. The number of fused-ring (bicyclic) bond motifs is 2. The van der Waals surface area contributed by atoms with E-state index < -0.39 is 0 Å². The number of pyridine rings is 1. The molecule has 1 aromatic heterocycles. The maximum Gasteiger partial charge on any atom is 0.261 e. The Morgan fingerprint density at radius 1 is 0.974 bits per heavy atom. The summed E-state index contributed by atoms with van der Waals surface area (Å²) in [6.07, 6.45) is 1.42. The number of nitrogens with zero attached hydrogens (tertiary/aromatic N) is 2. The average molecular weight is 530 g/mol. The Bertz CT molecular complexity index is 1450. The van der Waals surface area contributed by atoms with Gasteiger partial charge >= 0.3 is 0 Å². The highest BCUT2D eigenvalue weighted by Crippen LogP contribution is 2.31. The monoisotopic (exact) mass is 529 g/mol. The van der Waals surface area contributed by atoms with Gasteiger partial charge in [0.25, 0.3) is 11.8 Å². The SMILES string of the molecule is COc1cc(NC(C)CCCN2C(=O)c3ccccc3C2=O)c2nc(OCc3ccc(Cl)cc3)ccc2c1. The van der Waals surface area contributed by atoms with Crippen molar-refractivity contribution in [1.82, 2.24) is 9.88 Å². The highest BCUT2D eigenvalue weighted by atomic mass is 35.5. The molecule has 2 heterocycles. The van der Waals surface area contributed by atoms with Crippen LogP contribution in [0.15, 0.2) is 72.8 Å². The van der Waals surface area contributed by atoms with Crippen molar-refractivity contribution in [2.24, 2.45) is 0 Å². The number of hydrogen-bond acceptors (Lipinski definition) is 6. The number of ether oxygens (including phenoxy) is 2. The summed E-state index contributed by atoms with van der Waals surface area (Å²) in [6.45, 7) is 2.82. The second kappa shape index (κ2) is 11.1. The van der Waals surface area contributed by atoms with E-state index in [1.54, 1.807) is 31.4 Å². The third-order valence-electron chi connectivity index (χ3n) is 6.58. The summed E-state index contributed by atoms with van der Waals surface area (Å²) in [4.78, 5) is 31.4. The minimum atomic E-state index is -0.222. The topological polar surface area (TPSA) is 80.8 Å². The van der Waals surface area contributed by atoms with E-state index in [4.69, 9.17) is 26.1 Å². The first kappa shape index (κ1) is 25.5. The van der Waals surface area contributed by atoms with Crippen molar-refractivity contribution >= 4 is 40.0 Å². The van der Waals surface area contributed by atoms with E-state index in [0.29, 0.717) is 41.6 Å². The first-order valence-electron chi connectivity index (χ1n) is 12.5. The molecule has 4 aromatic rings. The van der Waals surface area contributed by atoms with Crippen molar-refractivity contribution < 1.29 is 19.1 Å². The lowest BCUT2D eigenvalue weighted by atomic mass is 10.1. The van der Waals surface area contributed by atoms with Crippen LogP contribution < -0.4 is 14.8 Å². The van der Waals surface area contributed by atoms with Crippen LogP contribution in [0.25, 0.3) is 10.9 Å². The Morgan fingerprint density at radius 2 is 1.68 bits per heavy atom. The van der Waals surface area contributed by atoms with Crippen LogP contribution in [0.5, 0.6) is 11.6 Å². The molecule has 0 saturated carbocycles. The lowest BCUT2D eigenvalue weighted by molar-refractivity contribution is 0.0651. The minimum absolute atomic E-state index is 0.0564. The number of benzene rings is 3. The second-order valence-electron chi connectivity index (χ2n) is 9.31. The number of anilines is 1. The van der Waals surface area contributed by atoms with Crippen molar-refractivity contribution in [3.05, 3.63) is 94.5 Å². The number of aromatic nitrogens is 1. The zero-order valence-corrected chi connectivity index (χ0v) is 22.0. The molecular weight excluding hydrogens is 502 g/mol. The first-order chi connectivity index (χ1) is 18.4. The number of nitrogens with one attached hydrogen (secondary N) is 1. The molecule has 8 heteroatoms. The van der Waals surface area contributed by atoms with Gasteiger partial charge in [0.15, 0.2) is 0 Å². The second-order valence-corrected chi connectivity index (χ2v) is 9.74. The van der Waals surface area contributed by atoms with E-state index in [1.165, 1.54) is 4.90 Å². The van der Waals surface area contributed by atoms with Crippen molar-refractivity contribution in [1.29, 1.82) is 0 Å². The molecule has 2 amide bonds. The largest absolute Gasteiger partial charge is 0.497 e. The molecule has 1 aliphatic rings. The zero-order chi connectivity index (χ0) is 26.6. The summed E-state index contributed by atoms with van der Waals surface area (Å²) in [5.41, 5.74) is 3.55. The molecule has 1 atom stereocenters. The molecule has 0 radical (unpaired) electrons. The maximum atomic E-state index is 12.6. The van der Waals surface area contributed by atoms with Gasteiger partial charge in [-0.15, -0.1) is 0 Å². The number of imide groups is 1. The number of amides is 2. The molecule has 5 rings (SSSR count). The molecule has 38 heavy (non-hydrogen) atoms. The summed E-state index contributed by atoms with van der Waals surface area (Å²) in [5.74, 6) is 0.787. The Labute approximate surface area is 226 Å². The van der Waals surface area contributed by atoms with Gasteiger partial charge in [0.05, 0.1) is 29.4 Å². The first-order valence-corrected chi connectivity index (χ1v) is 12.9. The van der Waals surface area contributed by atoms with Crippen LogP contribution >= 0.6 is 11.6 Å². The van der Waals surface area contributed by atoms with Gasteiger partial charge < -0.3 is 14.8 Å². The number of halogens is 1. The number of carbonyl (C=O) groups is 2. The highest BCUT2D eigenvalue weighted by molar-refractivity contribution is 6.30. The van der Waals surface area contributed by atoms with Gasteiger partial charge in [-0.1, -0.05) is 35.9 Å². The van der Waals surface area contributed by atoms with E-state index in [-0.39, 0.29) is 17.9 Å². The van der Waals surface area contributed by atoms with Gasteiger partial charge in [0.2, 0.25) is 5.88 Å². The Balaban J connectivity index is 1.25. The summed E-state index contributed by atoms with van der Waals surface area (Å²) in [7, 11) is 1.63. The molecule has 194 valence electrons.